The molecule has 3 amide bonds. The molecule has 0 radical (unpaired) electrons. The monoisotopic (exact) mass is 398 g/mol. The molecule has 1 aliphatic heterocycles. The average Bonchev–Trinajstić information content (AvgIpc) is 3.40. The van der Waals surface area contributed by atoms with Crippen molar-refractivity contribution in [1.29, 1.82) is 0 Å². The molecule has 1 aromatic heterocycles. The summed E-state index contributed by atoms with van der Waals surface area (Å²) >= 11 is 0. The first-order chi connectivity index (χ1) is 14.0. The van der Waals surface area contributed by atoms with E-state index in [9.17, 15) is 14.7 Å². The molecule has 0 spiro atoms. The van der Waals surface area contributed by atoms with Crippen LogP contribution in [0.5, 0.6) is 0 Å². The van der Waals surface area contributed by atoms with E-state index in [0.29, 0.717) is 32.1 Å². The van der Waals surface area contributed by atoms with Crippen LogP contribution in [-0.4, -0.2) is 63.2 Å². The fourth-order valence-corrected chi connectivity index (χ4v) is 4.94. The van der Waals surface area contributed by atoms with Gasteiger partial charge >= 0.3 is 6.03 Å². The highest BCUT2D eigenvalue weighted by molar-refractivity contribution is 5.93. The van der Waals surface area contributed by atoms with Crippen LogP contribution in [-0.2, 0) is 11.3 Å². The summed E-state index contributed by atoms with van der Waals surface area (Å²) in [5.74, 6) is 0.527. The maximum atomic E-state index is 12.8. The number of nitrogens with one attached hydrogen (secondary N) is 1. The SMILES string of the molecule is CCN(CC)C(=O)Cn1ccc2cc(NC(=O)N3CC[C@@H]4CC[C@@H](O)[C@@H]43)ccc21. The van der Waals surface area contributed by atoms with Crippen LogP contribution in [0.4, 0.5) is 10.5 Å². The van der Waals surface area contributed by atoms with Gasteiger partial charge in [0.2, 0.25) is 5.91 Å². The first-order valence-electron chi connectivity index (χ1n) is 10.6. The third kappa shape index (κ3) is 3.71. The number of nitrogens with zero attached hydrogens (tertiary/aromatic N) is 3. The molecule has 29 heavy (non-hydrogen) atoms. The van der Waals surface area contributed by atoms with E-state index >= 15 is 0 Å². The van der Waals surface area contributed by atoms with Gasteiger partial charge in [0.05, 0.1) is 12.1 Å². The molecule has 1 saturated carbocycles. The smallest absolute Gasteiger partial charge is 0.322 e. The second-order valence-electron chi connectivity index (χ2n) is 8.09. The van der Waals surface area contributed by atoms with Gasteiger partial charge in [0, 0.05) is 42.4 Å². The van der Waals surface area contributed by atoms with Crippen molar-refractivity contribution in [2.75, 3.05) is 25.0 Å². The van der Waals surface area contributed by atoms with Crippen molar-refractivity contribution in [2.45, 2.75) is 51.8 Å². The summed E-state index contributed by atoms with van der Waals surface area (Å²) < 4.78 is 1.95. The summed E-state index contributed by atoms with van der Waals surface area (Å²) in [5, 5.41) is 14.2. The Morgan fingerprint density at radius 3 is 2.72 bits per heavy atom. The Balaban J connectivity index is 1.46. The molecule has 7 heteroatoms. The van der Waals surface area contributed by atoms with Crippen molar-refractivity contribution < 1.29 is 14.7 Å². The van der Waals surface area contributed by atoms with Gasteiger partial charge in [-0.15, -0.1) is 0 Å². The molecule has 3 atom stereocenters. The van der Waals surface area contributed by atoms with Gasteiger partial charge in [-0.3, -0.25) is 4.79 Å². The molecule has 156 valence electrons. The first kappa shape index (κ1) is 19.8. The second kappa shape index (κ2) is 8.06. The Kier molecular flexibility index (Phi) is 5.50. The van der Waals surface area contributed by atoms with Crippen LogP contribution < -0.4 is 5.32 Å². The van der Waals surface area contributed by atoms with Crippen molar-refractivity contribution in [1.82, 2.24) is 14.4 Å². The van der Waals surface area contributed by atoms with E-state index in [1.807, 2.05) is 53.8 Å². The predicted molar refractivity (Wildman–Crippen MR) is 113 cm³/mol. The number of anilines is 1. The number of likely N-dealkylation sites (tertiary alicyclic amines) is 1. The molecule has 0 unspecified atom stereocenters. The number of fused-ring (bicyclic) bond motifs is 2. The van der Waals surface area contributed by atoms with Crippen LogP contribution >= 0.6 is 0 Å². The molecule has 1 aliphatic carbocycles. The number of aromatic nitrogens is 1. The third-order valence-electron chi connectivity index (χ3n) is 6.52. The highest BCUT2D eigenvalue weighted by Gasteiger charge is 2.45. The lowest BCUT2D eigenvalue weighted by Crippen LogP contribution is -2.44. The van der Waals surface area contributed by atoms with Gasteiger partial charge in [0.25, 0.3) is 0 Å². The maximum Gasteiger partial charge on any atom is 0.322 e. The average molecular weight is 399 g/mol. The maximum absolute atomic E-state index is 12.8. The van der Waals surface area contributed by atoms with Crippen molar-refractivity contribution in [3.63, 3.8) is 0 Å². The summed E-state index contributed by atoms with van der Waals surface area (Å²) in [6.45, 7) is 6.39. The minimum absolute atomic E-state index is 0.0501. The normalized spacial score (nSPS) is 23.4. The number of carbonyl (C=O) groups is 2. The zero-order valence-corrected chi connectivity index (χ0v) is 17.2. The largest absolute Gasteiger partial charge is 0.391 e. The molecule has 2 heterocycles. The van der Waals surface area contributed by atoms with Crippen LogP contribution in [0.1, 0.15) is 33.1 Å². The van der Waals surface area contributed by atoms with Crippen LogP contribution in [0.2, 0.25) is 0 Å². The Bertz CT molecular complexity index is 905. The summed E-state index contributed by atoms with van der Waals surface area (Å²) in [6.07, 6.45) is 4.26. The number of benzene rings is 1. The van der Waals surface area contributed by atoms with Crippen LogP contribution in [0.15, 0.2) is 30.5 Å². The number of aliphatic hydroxyl groups is 1. The minimum atomic E-state index is -0.409. The molecule has 2 aliphatic rings. The lowest BCUT2D eigenvalue weighted by atomic mass is 10.0. The summed E-state index contributed by atoms with van der Waals surface area (Å²) in [6, 6.07) is 7.52. The Labute approximate surface area is 171 Å². The van der Waals surface area contributed by atoms with Crippen molar-refractivity contribution in [3.8, 4) is 0 Å². The minimum Gasteiger partial charge on any atom is -0.391 e. The number of carbonyl (C=O) groups excluding carboxylic acids is 2. The zero-order valence-electron chi connectivity index (χ0n) is 17.2. The van der Waals surface area contributed by atoms with E-state index in [0.717, 1.165) is 35.9 Å². The van der Waals surface area contributed by atoms with Gasteiger partial charge in [-0.1, -0.05) is 0 Å². The molecule has 4 rings (SSSR count). The topological polar surface area (TPSA) is 77.8 Å². The van der Waals surface area contributed by atoms with E-state index in [2.05, 4.69) is 5.32 Å². The standard InChI is InChI=1S/C22H30N4O3/c1-3-24(4-2)20(28)14-25-11-9-16-13-17(6-7-18(16)25)23-22(29)26-12-10-15-5-8-19(27)21(15)26/h6-7,9,11,13,15,19,21,27H,3-5,8,10,12,14H2,1-2H3,(H,23,29)/t15-,19+,21+/m0/s1. The van der Waals surface area contributed by atoms with Crippen molar-refractivity contribution >= 4 is 28.5 Å². The molecular formula is C22H30N4O3. The van der Waals surface area contributed by atoms with Gasteiger partial charge in [0.1, 0.15) is 6.54 Å². The molecule has 7 nitrogen and oxygen atoms in total. The predicted octanol–water partition coefficient (Wildman–Crippen LogP) is 2.89. The van der Waals surface area contributed by atoms with Crippen LogP contribution in [0.25, 0.3) is 10.9 Å². The van der Waals surface area contributed by atoms with Gasteiger partial charge in [0.15, 0.2) is 0 Å². The second-order valence-corrected chi connectivity index (χ2v) is 8.09. The van der Waals surface area contributed by atoms with Gasteiger partial charge < -0.3 is 24.8 Å². The number of aliphatic hydroxyl groups excluding tert-OH is 1. The van der Waals surface area contributed by atoms with Gasteiger partial charge in [-0.2, -0.15) is 0 Å². The van der Waals surface area contributed by atoms with Crippen LogP contribution in [0, 0.1) is 5.92 Å². The number of likely N-dealkylation sites (N-methyl/N-ethyl adjacent to an activating group) is 1. The first-order valence-corrected chi connectivity index (χ1v) is 10.6. The fourth-order valence-electron chi connectivity index (χ4n) is 4.94. The van der Waals surface area contributed by atoms with E-state index in [1.54, 1.807) is 4.90 Å². The lowest BCUT2D eigenvalue weighted by molar-refractivity contribution is -0.131. The van der Waals surface area contributed by atoms with Gasteiger partial charge in [-0.25, -0.2) is 4.79 Å². The van der Waals surface area contributed by atoms with E-state index < -0.39 is 6.10 Å². The highest BCUT2D eigenvalue weighted by atomic mass is 16.3. The summed E-state index contributed by atoms with van der Waals surface area (Å²) in [5.41, 5.74) is 1.70. The van der Waals surface area contributed by atoms with E-state index in [4.69, 9.17) is 0 Å². The molecule has 2 fully saturated rings. The number of rotatable bonds is 5. The zero-order chi connectivity index (χ0) is 20.5. The van der Waals surface area contributed by atoms with E-state index in [-0.39, 0.29) is 18.0 Å². The number of urea groups is 1. The fraction of sp³-hybridized carbons (Fsp3) is 0.545. The summed E-state index contributed by atoms with van der Waals surface area (Å²) in [7, 11) is 0. The Morgan fingerprint density at radius 1 is 1.17 bits per heavy atom. The number of hydrogen-bond donors (Lipinski definition) is 2. The molecule has 2 N–H and O–H groups in total. The lowest BCUT2D eigenvalue weighted by Gasteiger charge is -2.27. The molecule has 2 aromatic rings. The molecule has 0 bridgehead atoms. The Hall–Kier alpha value is -2.54. The third-order valence-corrected chi connectivity index (χ3v) is 6.52. The number of hydrogen-bond acceptors (Lipinski definition) is 3. The van der Waals surface area contributed by atoms with Crippen molar-refractivity contribution in [3.05, 3.63) is 30.5 Å². The summed E-state index contributed by atoms with van der Waals surface area (Å²) in [4.78, 5) is 28.8. The molecule has 1 aromatic carbocycles. The van der Waals surface area contributed by atoms with Crippen molar-refractivity contribution in [2.24, 2.45) is 5.92 Å². The van der Waals surface area contributed by atoms with Gasteiger partial charge in [-0.05, 0) is 63.3 Å². The quantitative estimate of drug-likeness (QED) is 0.813. The highest BCUT2D eigenvalue weighted by Crippen LogP contribution is 2.38. The Morgan fingerprint density at radius 2 is 1.97 bits per heavy atom. The van der Waals surface area contributed by atoms with E-state index in [1.165, 1.54) is 0 Å². The molecular weight excluding hydrogens is 368 g/mol. The molecule has 1 saturated heterocycles. The number of amides is 3. The van der Waals surface area contributed by atoms with Crippen LogP contribution in [0.3, 0.4) is 0 Å².